The summed E-state index contributed by atoms with van der Waals surface area (Å²) in [5, 5.41) is 0. The molecule has 0 atom stereocenters. The quantitative estimate of drug-likeness (QED) is 0.798. The van der Waals surface area contributed by atoms with E-state index in [1.54, 1.807) is 12.4 Å². The van der Waals surface area contributed by atoms with Gasteiger partial charge in [0, 0.05) is 17.3 Å². The molecule has 0 N–H and O–H groups in total. The van der Waals surface area contributed by atoms with Gasteiger partial charge in [0.25, 0.3) is 0 Å². The fraction of sp³-hybridized carbons (Fsp3) is 0.0833. The molecule has 0 fully saturated rings. The standard InChI is InChI=1S/C12H11NOS/c15-12-3-1-2-11(8-12)14-9-10-4-6-13-7-5-10/h1-8,15H,9H2. The molecular weight excluding hydrogens is 206 g/mol. The van der Waals surface area contributed by atoms with Gasteiger partial charge in [-0.2, -0.15) is 0 Å². The molecule has 1 aromatic heterocycles. The molecule has 0 amide bonds. The number of hydrogen-bond acceptors (Lipinski definition) is 3. The van der Waals surface area contributed by atoms with Crippen LogP contribution in [-0.2, 0) is 6.61 Å². The lowest BCUT2D eigenvalue weighted by atomic mass is 10.3. The van der Waals surface area contributed by atoms with E-state index >= 15 is 0 Å². The second-order valence-corrected chi connectivity index (χ2v) is 3.66. The number of benzene rings is 1. The average molecular weight is 217 g/mol. The Balaban J connectivity index is 1.99. The van der Waals surface area contributed by atoms with E-state index in [9.17, 15) is 0 Å². The Hall–Kier alpha value is -1.48. The molecule has 0 aliphatic carbocycles. The van der Waals surface area contributed by atoms with Crippen LogP contribution in [0.1, 0.15) is 5.56 Å². The molecule has 0 aliphatic heterocycles. The van der Waals surface area contributed by atoms with E-state index in [1.807, 2.05) is 36.4 Å². The summed E-state index contributed by atoms with van der Waals surface area (Å²) in [5.74, 6) is 0.833. The summed E-state index contributed by atoms with van der Waals surface area (Å²) in [6.07, 6.45) is 3.52. The number of thiol groups is 1. The van der Waals surface area contributed by atoms with Crippen LogP contribution in [0.3, 0.4) is 0 Å². The first-order chi connectivity index (χ1) is 7.34. The Labute approximate surface area is 94.3 Å². The molecule has 1 aromatic carbocycles. The van der Waals surface area contributed by atoms with Crippen molar-refractivity contribution in [2.75, 3.05) is 0 Å². The third-order valence-corrected chi connectivity index (χ3v) is 2.25. The van der Waals surface area contributed by atoms with Crippen LogP contribution in [-0.4, -0.2) is 4.98 Å². The first-order valence-corrected chi connectivity index (χ1v) is 5.10. The van der Waals surface area contributed by atoms with Crippen molar-refractivity contribution in [2.45, 2.75) is 11.5 Å². The third-order valence-electron chi connectivity index (χ3n) is 1.97. The molecule has 3 heteroatoms. The maximum absolute atomic E-state index is 5.60. The number of rotatable bonds is 3. The Morgan fingerprint density at radius 1 is 1.13 bits per heavy atom. The monoisotopic (exact) mass is 217 g/mol. The molecule has 0 bridgehead atoms. The summed E-state index contributed by atoms with van der Waals surface area (Å²) in [6, 6.07) is 11.5. The number of pyridine rings is 1. The highest BCUT2D eigenvalue weighted by Crippen LogP contribution is 2.16. The third kappa shape index (κ3) is 2.99. The van der Waals surface area contributed by atoms with E-state index in [0.717, 1.165) is 16.2 Å². The predicted octanol–water partition coefficient (Wildman–Crippen LogP) is 2.95. The van der Waals surface area contributed by atoms with Crippen molar-refractivity contribution >= 4 is 12.6 Å². The molecule has 1 heterocycles. The van der Waals surface area contributed by atoms with E-state index in [1.165, 1.54) is 0 Å². The first-order valence-electron chi connectivity index (χ1n) is 4.65. The highest BCUT2D eigenvalue weighted by molar-refractivity contribution is 7.80. The van der Waals surface area contributed by atoms with Gasteiger partial charge in [0.2, 0.25) is 0 Å². The molecule has 2 aromatic rings. The van der Waals surface area contributed by atoms with Gasteiger partial charge in [-0.1, -0.05) is 6.07 Å². The molecule has 0 radical (unpaired) electrons. The summed E-state index contributed by atoms with van der Waals surface area (Å²) in [4.78, 5) is 4.85. The summed E-state index contributed by atoms with van der Waals surface area (Å²) < 4.78 is 5.60. The molecule has 2 rings (SSSR count). The highest BCUT2D eigenvalue weighted by Gasteiger charge is 1.95. The number of ether oxygens (including phenoxy) is 1. The Morgan fingerprint density at radius 3 is 2.67 bits per heavy atom. The van der Waals surface area contributed by atoms with Crippen LogP contribution in [0.25, 0.3) is 0 Å². The van der Waals surface area contributed by atoms with Gasteiger partial charge in [-0.05, 0) is 35.9 Å². The van der Waals surface area contributed by atoms with Crippen LogP contribution in [0.4, 0.5) is 0 Å². The smallest absolute Gasteiger partial charge is 0.120 e. The van der Waals surface area contributed by atoms with Gasteiger partial charge >= 0.3 is 0 Å². The van der Waals surface area contributed by atoms with E-state index in [2.05, 4.69) is 17.6 Å². The topological polar surface area (TPSA) is 22.1 Å². The van der Waals surface area contributed by atoms with Crippen LogP contribution >= 0.6 is 12.6 Å². The largest absolute Gasteiger partial charge is 0.489 e. The van der Waals surface area contributed by atoms with E-state index in [0.29, 0.717) is 6.61 Å². The Bertz CT molecular complexity index is 431. The van der Waals surface area contributed by atoms with E-state index in [-0.39, 0.29) is 0 Å². The summed E-state index contributed by atoms with van der Waals surface area (Å²) >= 11 is 4.24. The second kappa shape index (κ2) is 4.84. The Morgan fingerprint density at radius 2 is 1.93 bits per heavy atom. The maximum Gasteiger partial charge on any atom is 0.120 e. The van der Waals surface area contributed by atoms with Crippen LogP contribution in [0, 0.1) is 0 Å². The fourth-order valence-electron chi connectivity index (χ4n) is 1.22. The van der Waals surface area contributed by atoms with Gasteiger partial charge in [-0.3, -0.25) is 4.98 Å². The minimum atomic E-state index is 0.555. The van der Waals surface area contributed by atoms with Gasteiger partial charge < -0.3 is 4.74 Å². The highest BCUT2D eigenvalue weighted by atomic mass is 32.1. The van der Waals surface area contributed by atoms with Gasteiger partial charge in [-0.25, -0.2) is 0 Å². The molecule has 0 saturated heterocycles. The number of aromatic nitrogens is 1. The van der Waals surface area contributed by atoms with Gasteiger partial charge in [-0.15, -0.1) is 12.6 Å². The van der Waals surface area contributed by atoms with E-state index < -0.39 is 0 Å². The van der Waals surface area contributed by atoms with Crippen LogP contribution in [0.15, 0.2) is 53.7 Å². The zero-order valence-corrected chi connectivity index (χ0v) is 9.02. The molecule has 0 aliphatic rings. The van der Waals surface area contributed by atoms with Gasteiger partial charge in [0.05, 0.1) is 0 Å². The molecule has 76 valence electrons. The van der Waals surface area contributed by atoms with Crippen molar-refractivity contribution in [3.63, 3.8) is 0 Å². The van der Waals surface area contributed by atoms with Crippen molar-refractivity contribution < 1.29 is 4.74 Å². The molecule has 15 heavy (non-hydrogen) atoms. The lowest BCUT2D eigenvalue weighted by molar-refractivity contribution is 0.305. The lowest BCUT2D eigenvalue weighted by Crippen LogP contribution is -1.94. The normalized spacial score (nSPS) is 9.93. The number of nitrogens with zero attached hydrogens (tertiary/aromatic N) is 1. The minimum absolute atomic E-state index is 0.555. The van der Waals surface area contributed by atoms with Crippen molar-refractivity contribution in [1.82, 2.24) is 4.98 Å². The summed E-state index contributed by atoms with van der Waals surface area (Å²) in [6.45, 7) is 0.555. The molecule has 0 spiro atoms. The zero-order chi connectivity index (χ0) is 10.5. The van der Waals surface area contributed by atoms with Crippen molar-refractivity contribution in [3.05, 3.63) is 54.4 Å². The van der Waals surface area contributed by atoms with Crippen LogP contribution < -0.4 is 4.74 Å². The van der Waals surface area contributed by atoms with Crippen LogP contribution in [0.2, 0.25) is 0 Å². The molecule has 0 unspecified atom stereocenters. The minimum Gasteiger partial charge on any atom is -0.489 e. The SMILES string of the molecule is Sc1cccc(OCc2ccncc2)c1. The first kappa shape index (κ1) is 10.1. The van der Waals surface area contributed by atoms with Crippen molar-refractivity contribution in [3.8, 4) is 5.75 Å². The molecule has 0 saturated carbocycles. The lowest BCUT2D eigenvalue weighted by Gasteiger charge is -2.06. The zero-order valence-electron chi connectivity index (χ0n) is 8.13. The Kier molecular flexibility index (Phi) is 3.25. The second-order valence-electron chi connectivity index (χ2n) is 3.14. The van der Waals surface area contributed by atoms with E-state index in [4.69, 9.17) is 4.74 Å². The molecular formula is C12H11NOS. The van der Waals surface area contributed by atoms with Crippen molar-refractivity contribution in [1.29, 1.82) is 0 Å². The van der Waals surface area contributed by atoms with Gasteiger partial charge in [0.1, 0.15) is 12.4 Å². The fourth-order valence-corrected chi connectivity index (χ4v) is 1.43. The van der Waals surface area contributed by atoms with Crippen molar-refractivity contribution in [2.24, 2.45) is 0 Å². The summed E-state index contributed by atoms with van der Waals surface area (Å²) in [5.41, 5.74) is 1.11. The predicted molar refractivity (Wildman–Crippen MR) is 62.3 cm³/mol. The maximum atomic E-state index is 5.60. The van der Waals surface area contributed by atoms with Gasteiger partial charge in [0.15, 0.2) is 0 Å². The average Bonchev–Trinajstić information content (AvgIpc) is 2.28. The molecule has 2 nitrogen and oxygen atoms in total. The number of hydrogen-bond donors (Lipinski definition) is 1. The van der Waals surface area contributed by atoms with Crippen LogP contribution in [0.5, 0.6) is 5.75 Å². The summed E-state index contributed by atoms with van der Waals surface area (Å²) in [7, 11) is 0.